The summed E-state index contributed by atoms with van der Waals surface area (Å²) in [6.07, 6.45) is 4.54. The average molecular weight is 346 g/mol. The zero-order chi connectivity index (χ0) is 16.6. The van der Waals surface area contributed by atoms with Crippen molar-refractivity contribution in [3.63, 3.8) is 0 Å². The minimum atomic E-state index is -0.316. The molecule has 1 amide bonds. The van der Waals surface area contributed by atoms with Crippen molar-refractivity contribution in [3.8, 4) is 10.6 Å². The predicted molar refractivity (Wildman–Crippen MR) is 91.2 cm³/mol. The van der Waals surface area contributed by atoms with Crippen LogP contribution in [-0.2, 0) is 0 Å². The molecule has 0 bridgehead atoms. The summed E-state index contributed by atoms with van der Waals surface area (Å²) < 4.78 is 1.35. The molecule has 0 aliphatic rings. The molecule has 0 radical (unpaired) electrons. The predicted octanol–water partition coefficient (Wildman–Crippen LogP) is 3.09. The molecule has 0 atom stereocenters. The number of rotatable bonds is 2. The van der Waals surface area contributed by atoms with Crippen LogP contribution in [0.1, 0.15) is 17.2 Å². The fourth-order valence-corrected chi connectivity index (χ4v) is 3.31. The monoisotopic (exact) mass is 346 g/mol. The number of imidazole rings is 1. The lowest BCUT2D eigenvalue weighted by Crippen LogP contribution is -2.17. The Bertz CT molecular complexity index is 872. The standard InChI is InChI=1S/C14H14N6OS2/c1-7-11(22)10(18-9(3)16-7)12-8(2)17-13(23-12)19-14(21)20-5-4-15-6-20/h4-6,22H,1-3H3,(H,17,19,21). The van der Waals surface area contributed by atoms with Crippen LogP contribution in [-0.4, -0.2) is 30.5 Å². The Morgan fingerprint density at radius 1 is 1.22 bits per heavy atom. The van der Waals surface area contributed by atoms with Crippen molar-refractivity contribution >= 4 is 35.1 Å². The van der Waals surface area contributed by atoms with Gasteiger partial charge in [0.2, 0.25) is 0 Å². The van der Waals surface area contributed by atoms with Gasteiger partial charge in [-0.25, -0.2) is 24.7 Å². The lowest BCUT2D eigenvalue weighted by atomic mass is 10.2. The molecule has 0 saturated carbocycles. The second-order valence-corrected chi connectivity index (χ2v) is 6.33. The third-order valence-electron chi connectivity index (χ3n) is 3.13. The van der Waals surface area contributed by atoms with Gasteiger partial charge in [-0.3, -0.25) is 9.88 Å². The fourth-order valence-electron chi connectivity index (χ4n) is 2.07. The van der Waals surface area contributed by atoms with Gasteiger partial charge in [-0.2, -0.15) is 0 Å². The number of nitrogens with one attached hydrogen (secondary N) is 1. The number of thiazole rings is 1. The van der Waals surface area contributed by atoms with Crippen LogP contribution in [0.15, 0.2) is 23.6 Å². The van der Waals surface area contributed by atoms with Crippen LogP contribution in [0, 0.1) is 20.8 Å². The number of carbonyl (C=O) groups is 1. The molecule has 3 aromatic rings. The lowest BCUT2D eigenvalue weighted by Gasteiger charge is -2.06. The van der Waals surface area contributed by atoms with E-state index in [1.807, 2.05) is 20.8 Å². The van der Waals surface area contributed by atoms with Crippen molar-refractivity contribution < 1.29 is 4.79 Å². The minimum absolute atomic E-state index is 0.316. The van der Waals surface area contributed by atoms with Crippen molar-refractivity contribution in [2.24, 2.45) is 0 Å². The van der Waals surface area contributed by atoms with Crippen molar-refractivity contribution in [2.45, 2.75) is 25.7 Å². The maximum Gasteiger partial charge on any atom is 0.333 e. The summed E-state index contributed by atoms with van der Waals surface area (Å²) in [5.74, 6) is 0.673. The first-order valence-corrected chi connectivity index (χ1v) is 8.03. The highest BCUT2D eigenvalue weighted by atomic mass is 32.1. The molecule has 1 N–H and O–H groups in total. The van der Waals surface area contributed by atoms with Crippen LogP contribution in [0.4, 0.5) is 9.93 Å². The van der Waals surface area contributed by atoms with Gasteiger partial charge in [0.05, 0.1) is 26.9 Å². The zero-order valence-electron chi connectivity index (χ0n) is 12.7. The maximum absolute atomic E-state index is 12.0. The minimum Gasteiger partial charge on any atom is -0.283 e. The van der Waals surface area contributed by atoms with Gasteiger partial charge in [-0.1, -0.05) is 11.3 Å². The Balaban J connectivity index is 1.94. The second-order valence-electron chi connectivity index (χ2n) is 4.89. The summed E-state index contributed by atoms with van der Waals surface area (Å²) in [5.41, 5.74) is 2.33. The summed E-state index contributed by atoms with van der Waals surface area (Å²) >= 11 is 5.85. The number of hydrogen-bond donors (Lipinski definition) is 2. The maximum atomic E-state index is 12.0. The molecule has 23 heavy (non-hydrogen) atoms. The largest absolute Gasteiger partial charge is 0.333 e. The Hall–Kier alpha value is -2.26. The molecule has 0 saturated heterocycles. The summed E-state index contributed by atoms with van der Waals surface area (Å²) in [6, 6.07) is -0.316. The molecule has 0 unspecified atom stereocenters. The highest BCUT2D eigenvalue weighted by Crippen LogP contribution is 2.35. The van der Waals surface area contributed by atoms with E-state index < -0.39 is 0 Å². The number of aryl methyl sites for hydroxylation is 3. The van der Waals surface area contributed by atoms with Crippen LogP contribution >= 0.6 is 24.0 Å². The molecule has 0 aliphatic heterocycles. The highest BCUT2D eigenvalue weighted by Gasteiger charge is 2.17. The number of anilines is 1. The molecule has 0 aromatic carbocycles. The summed E-state index contributed by atoms with van der Waals surface area (Å²) in [4.78, 5) is 30.6. The topological polar surface area (TPSA) is 85.6 Å². The SMILES string of the molecule is Cc1nc(C)c(S)c(-c2sc(NC(=O)n3ccnc3)nc2C)n1. The first-order chi connectivity index (χ1) is 11.0. The van der Waals surface area contributed by atoms with E-state index in [0.717, 1.165) is 26.9 Å². The summed E-state index contributed by atoms with van der Waals surface area (Å²) in [7, 11) is 0. The van der Waals surface area contributed by atoms with E-state index in [4.69, 9.17) is 0 Å². The second kappa shape index (κ2) is 6.09. The van der Waals surface area contributed by atoms with E-state index in [9.17, 15) is 4.79 Å². The molecule has 3 heterocycles. The number of aromatic nitrogens is 5. The Kier molecular flexibility index (Phi) is 4.14. The number of thiol groups is 1. The van der Waals surface area contributed by atoms with E-state index >= 15 is 0 Å². The van der Waals surface area contributed by atoms with Gasteiger partial charge in [0.25, 0.3) is 0 Å². The first-order valence-electron chi connectivity index (χ1n) is 6.77. The van der Waals surface area contributed by atoms with Crippen molar-refractivity contribution in [2.75, 3.05) is 5.32 Å². The zero-order valence-corrected chi connectivity index (χ0v) is 14.4. The van der Waals surface area contributed by atoms with Gasteiger partial charge in [0.1, 0.15) is 12.2 Å². The normalized spacial score (nSPS) is 10.8. The Morgan fingerprint density at radius 3 is 2.70 bits per heavy atom. The van der Waals surface area contributed by atoms with Crippen LogP contribution in [0.5, 0.6) is 0 Å². The molecular weight excluding hydrogens is 332 g/mol. The summed E-state index contributed by atoms with van der Waals surface area (Å²) in [6.45, 7) is 5.60. The van der Waals surface area contributed by atoms with E-state index in [2.05, 4.69) is 37.9 Å². The molecular formula is C14H14N6OS2. The van der Waals surface area contributed by atoms with Crippen LogP contribution < -0.4 is 5.32 Å². The first kappa shape index (κ1) is 15.6. The van der Waals surface area contributed by atoms with Gasteiger partial charge in [-0.15, -0.1) is 12.6 Å². The highest BCUT2D eigenvalue weighted by molar-refractivity contribution is 7.80. The van der Waals surface area contributed by atoms with Gasteiger partial charge >= 0.3 is 6.03 Å². The van der Waals surface area contributed by atoms with E-state index in [1.54, 1.807) is 6.20 Å². The number of nitrogens with zero attached hydrogens (tertiary/aromatic N) is 5. The van der Waals surface area contributed by atoms with Crippen molar-refractivity contribution in [3.05, 3.63) is 35.9 Å². The third kappa shape index (κ3) is 3.10. The quantitative estimate of drug-likeness (QED) is 0.697. The summed E-state index contributed by atoms with van der Waals surface area (Å²) in [5, 5.41) is 3.25. The Morgan fingerprint density at radius 2 is 2.00 bits per heavy atom. The molecule has 0 fully saturated rings. The molecule has 0 aliphatic carbocycles. The van der Waals surface area contributed by atoms with Crippen LogP contribution in [0.3, 0.4) is 0 Å². The molecule has 9 heteroatoms. The average Bonchev–Trinajstić information content (AvgIpc) is 3.13. The van der Waals surface area contributed by atoms with Crippen LogP contribution in [0.2, 0.25) is 0 Å². The molecule has 3 rings (SSSR count). The van der Waals surface area contributed by atoms with Crippen molar-refractivity contribution in [1.82, 2.24) is 24.5 Å². The number of amides is 1. The van der Waals surface area contributed by atoms with E-state index in [0.29, 0.717) is 11.0 Å². The molecule has 118 valence electrons. The lowest BCUT2D eigenvalue weighted by molar-refractivity contribution is 0.253. The number of carbonyl (C=O) groups excluding carboxylic acids is 1. The van der Waals surface area contributed by atoms with Crippen LogP contribution in [0.25, 0.3) is 10.6 Å². The van der Waals surface area contributed by atoms with Crippen molar-refractivity contribution in [1.29, 1.82) is 0 Å². The van der Waals surface area contributed by atoms with Gasteiger partial charge in [0.15, 0.2) is 5.13 Å². The third-order valence-corrected chi connectivity index (χ3v) is 4.75. The molecule has 3 aromatic heterocycles. The van der Waals surface area contributed by atoms with Gasteiger partial charge < -0.3 is 0 Å². The number of hydrogen-bond acceptors (Lipinski definition) is 7. The van der Waals surface area contributed by atoms with Gasteiger partial charge in [-0.05, 0) is 20.8 Å². The van der Waals surface area contributed by atoms with E-state index in [1.165, 1.54) is 28.4 Å². The fraction of sp³-hybridized carbons (Fsp3) is 0.214. The molecule has 0 spiro atoms. The molecule has 7 nitrogen and oxygen atoms in total. The van der Waals surface area contributed by atoms with E-state index in [-0.39, 0.29) is 6.03 Å². The smallest absolute Gasteiger partial charge is 0.283 e. The van der Waals surface area contributed by atoms with Gasteiger partial charge in [0, 0.05) is 12.4 Å². The Labute approximate surface area is 142 Å².